The number of carbonyl (C=O) groups excluding carboxylic acids is 1. The van der Waals surface area contributed by atoms with Gasteiger partial charge in [0.05, 0.1) is 11.6 Å². The van der Waals surface area contributed by atoms with Crippen LogP contribution in [0.3, 0.4) is 0 Å². The zero-order valence-electron chi connectivity index (χ0n) is 10.6. The lowest BCUT2D eigenvalue weighted by Crippen LogP contribution is -2.37. The number of amides is 2. The predicted octanol–water partition coefficient (Wildman–Crippen LogP) is 1.52. The van der Waals surface area contributed by atoms with E-state index in [2.05, 4.69) is 10.6 Å². The van der Waals surface area contributed by atoms with E-state index in [-0.39, 0.29) is 30.4 Å². The first kappa shape index (κ1) is 14.7. The van der Waals surface area contributed by atoms with E-state index >= 15 is 0 Å². The average molecular weight is 268 g/mol. The largest absolute Gasteiger partial charge is 0.379 e. The van der Waals surface area contributed by atoms with Gasteiger partial charge < -0.3 is 15.5 Å². The summed E-state index contributed by atoms with van der Waals surface area (Å²) in [4.78, 5) is 12.5. The van der Waals surface area contributed by atoms with E-state index in [1.165, 1.54) is 4.90 Å². The molecule has 0 atom stereocenters. The molecule has 0 spiro atoms. The Morgan fingerprint density at radius 3 is 2.37 bits per heavy atom. The van der Waals surface area contributed by atoms with E-state index in [0.29, 0.717) is 0 Å². The van der Waals surface area contributed by atoms with Gasteiger partial charge in [-0.2, -0.15) is 5.26 Å². The molecule has 0 unspecified atom stereocenters. The van der Waals surface area contributed by atoms with Crippen molar-refractivity contribution in [3.63, 3.8) is 0 Å². The zero-order chi connectivity index (χ0) is 14.4. The van der Waals surface area contributed by atoms with Crippen molar-refractivity contribution in [3.8, 4) is 6.07 Å². The summed E-state index contributed by atoms with van der Waals surface area (Å²) in [5.74, 6) is -1.68. The van der Waals surface area contributed by atoms with Crippen molar-refractivity contribution in [1.29, 1.82) is 5.26 Å². The zero-order valence-corrected chi connectivity index (χ0v) is 10.6. The molecule has 0 fully saturated rings. The molecule has 19 heavy (non-hydrogen) atoms. The normalized spacial score (nSPS) is 9.63. The van der Waals surface area contributed by atoms with Crippen LogP contribution in [-0.2, 0) is 0 Å². The highest BCUT2D eigenvalue weighted by atomic mass is 19.1. The summed E-state index contributed by atoms with van der Waals surface area (Å²) in [6.45, 7) is 0.384. The maximum absolute atomic E-state index is 13.5. The van der Waals surface area contributed by atoms with Crippen LogP contribution in [-0.4, -0.2) is 38.1 Å². The van der Waals surface area contributed by atoms with Crippen LogP contribution < -0.4 is 10.6 Å². The number of nitrogens with one attached hydrogen (secondary N) is 2. The third-order valence-electron chi connectivity index (χ3n) is 2.28. The average Bonchev–Trinajstić information content (AvgIpc) is 2.36. The van der Waals surface area contributed by atoms with Gasteiger partial charge in [0.25, 0.3) is 0 Å². The molecule has 7 heteroatoms. The Balaban J connectivity index is 2.55. The summed E-state index contributed by atoms with van der Waals surface area (Å²) in [7, 11) is 3.17. The fraction of sp³-hybridized carbons (Fsp3) is 0.333. The van der Waals surface area contributed by atoms with Crippen LogP contribution in [0.25, 0.3) is 0 Å². The Bertz CT molecular complexity index is 488. The molecule has 0 aliphatic carbocycles. The van der Waals surface area contributed by atoms with Crippen LogP contribution in [0.2, 0.25) is 0 Å². The Morgan fingerprint density at radius 2 is 1.89 bits per heavy atom. The van der Waals surface area contributed by atoms with Crippen molar-refractivity contribution in [2.24, 2.45) is 0 Å². The van der Waals surface area contributed by atoms with Crippen LogP contribution in [0, 0.1) is 23.0 Å². The van der Waals surface area contributed by atoms with Gasteiger partial charge in [-0.05, 0) is 12.1 Å². The minimum atomic E-state index is -0.838. The molecule has 1 rings (SSSR count). The van der Waals surface area contributed by atoms with Gasteiger partial charge in [0.15, 0.2) is 11.6 Å². The number of hydrogen-bond acceptors (Lipinski definition) is 3. The maximum Gasteiger partial charge on any atom is 0.316 e. The lowest BCUT2D eigenvalue weighted by Gasteiger charge is -2.13. The number of benzene rings is 1. The third-order valence-corrected chi connectivity index (χ3v) is 2.28. The van der Waals surface area contributed by atoms with E-state index < -0.39 is 11.6 Å². The van der Waals surface area contributed by atoms with E-state index in [9.17, 15) is 13.6 Å². The van der Waals surface area contributed by atoms with Gasteiger partial charge >= 0.3 is 6.03 Å². The van der Waals surface area contributed by atoms with Gasteiger partial charge in [0.1, 0.15) is 5.69 Å². The number of rotatable bonds is 4. The molecule has 5 nitrogen and oxygen atoms in total. The molecule has 0 bridgehead atoms. The first-order valence-electron chi connectivity index (χ1n) is 5.54. The highest BCUT2D eigenvalue weighted by Gasteiger charge is 2.10. The van der Waals surface area contributed by atoms with Crippen molar-refractivity contribution >= 4 is 11.7 Å². The molecule has 0 aromatic heterocycles. The summed E-state index contributed by atoms with van der Waals surface area (Å²) in [5, 5.41) is 13.6. The molecule has 2 amide bonds. The highest BCUT2D eigenvalue weighted by molar-refractivity contribution is 5.73. The molecule has 0 aliphatic rings. The molecule has 0 saturated carbocycles. The molecular formula is C12H14F2N4O. The minimum Gasteiger partial charge on any atom is -0.379 e. The van der Waals surface area contributed by atoms with Gasteiger partial charge in [0.2, 0.25) is 0 Å². The van der Waals surface area contributed by atoms with Crippen LogP contribution in [0.4, 0.5) is 19.3 Å². The lowest BCUT2D eigenvalue weighted by atomic mass is 10.2. The fourth-order valence-electron chi connectivity index (χ4n) is 1.32. The number of halogens is 2. The van der Waals surface area contributed by atoms with Crippen molar-refractivity contribution in [1.82, 2.24) is 10.2 Å². The van der Waals surface area contributed by atoms with Gasteiger partial charge in [-0.25, -0.2) is 13.6 Å². The molecule has 102 valence electrons. The van der Waals surface area contributed by atoms with Crippen LogP contribution in [0.1, 0.15) is 5.56 Å². The van der Waals surface area contributed by atoms with E-state index in [1.54, 1.807) is 20.2 Å². The van der Waals surface area contributed by atoms with Gasteiger partial charge in [-0.1, -0.05) is 0 Å². The predicted molar refractivity (Wildman–Crippen MR) is 66.6 cm³/mol. The van der Waals surface area contributed by atoms with E-state index in [1.807, 2.05) is 0 Å². The Kier molecular flexibility index (Phi) is 5.06. The first-order valence-corrected chi connectivity index (χ1v) is 5.54. The van der Waals surface area contributed by atoms with Crippen molar-refractivity contribution in [2.75, 3.05) is 32.5 Å². The van der Waals surface area contributed by atoms with Crippen molar-refractivity contribution < 1.29 is 13.6 Å². The summed E-state index contributed by atoms with van der Waals surface area (Å²) >= 11 is 0. The maximum atomic E-state index is 13.5. The van der Waals surface area contributed by atoms with E-state index in [0.717, 1.165) is 12.1 Å². The molecule has 2 N–H and O–H groups in total. The standard InChI is InChI=1S/C12H14F2N4O/c1-18(2)12(19)17-4-3-16-11-9(13)5-8(7-15)6-10(11)14/h5-6,16H,3-4H2,1-2H3,(H,17,19). The highest BCUT2D eigenvalue weighted by Crippen LogP contribution is 2.19. The first-order chi connectivity index (χ1) is 8.95. The topological polar surface area (TPSA) is 68.2 Å². The van der Waals surface area contributed by atoms with Gasteiger partial charge in [-0.15, -0.1) is 0 Å². The summed E-state index contributed by atoms with van der Waals surface area (Å²) in [5.41, 5.74) is -0.389. The van der Waals surface area contributed by atoms with Gasteiger partial charge in [0, 0.05) is 27.2 Å². The lowest BCUT2D eigenvalue weighted by molar-refractivity contribution is 0.218. The number of nitriles is 1. The second-order valence-corrected chi connectivity index (χ2v) is 3.98. The smallest absolute Gasteiger partial charge is 0.316 e. The number of hydrogen-bond donors (Lipinski definition) is 2. The number of carbonyl (C=O) groups is 1. The van der Waals surface area contributed by atoms with Crippen molar-refractivity contribution in [2.45, 2.75) is 0 Å². The summed E-state index contributed by atoms with van der Waals surface area (Å²) in [6, 6.07) is 3.27. The molecule has 0 saturated heterocycles. The monoisotopic (exact) mass is 268 g/mol. The fourth-order valence-corrected chi connectivity index (χ4v) is 1.32. The SMILES string of the molecule is CN(C)C(=O)NCCNc1c(F)cc(C#N)cc1F. The molecule has 0 aliphatic heterocycles. The second kappa shape index (κ2) is 6.54. The quantitative estimate of drug-likeness (QED) is 0.813. The second-order valence-electron chi connectivity index (χ2n) is 3.98. The number of anilines is 1. The molecule has 1 aromatic rings. The summed E-state index contributed by atoms with van der Waals surface area (Å²) in [6.07, 6.45) is 0. The number of urea groups is 1. The Morgan fingerprint density at radius 1 is 1.32 bits per heavy atom. The Labute approximate surface area is 109 Å². The third kappa shape index (κ3) is 4.10. The molecule has 0 radical (unpaired) electrons. The van der Waals surface area contributed by atoms with E-state index in [4.69, 9.17) is 5.26 Å². The van der Waals surface area contributed by atoms with Gasteiger partial charge in [-0.3, -0.25) is 0 Å². The number of nitrogens with zero attached hydrogens (tertiary/aromatic N) is 2. The molecule has 0 heterocycles. The van der Waals surface area contributed by atoms with Crippen LogP contribution in [0.5, 0.6) is 0 Å². The Hall–Kier alpha value is -2.36. The minimum absolute atomic E-state index is 0.0820. The van der Waals surface area contributed by atoms with Crippen LogP contribution in [0.15, 0.2) is 12.1 Å². The summed E-state index contributed by atoms with van der Waals surface area (Å²) < 4.78 is 26.9. The molecule has 1 aromatic carbocycles. The van der Waals surface area contributed by atoms with Crippen molar-refractivity contribution in [3.05, 3.63) is 29.3 Å². The molecular weight excluding hydrogens is 254 g/mol. The van der Waals surface area contributed by atoms with Crippen LogP contribution >= 0.6 is 0 Å².